The minimum atomic E-state index is 0.591. The summed E-state index contributed by atoms with van der Waals surface area (Å²) in [5.74, 6) is 3.01. The first-order valence-corrected chi connectivity index (χ1v) is 11.0. The van der Waals surface area contributed by atoms with Crippen LogP contribution in [0.4, 0.5) is 0 Å². The average Bonchev–Trinajstić information content (AvgIpc) is 3.47. The summed E-state index contributed by atoms with van der Waals surface area (Å²) >= 11 is 1.56. The number of aromatic amines is 1. The molecular weight excluding hydrogens is 426 g/mol. The number of nitrogens with zero attached hydrogens (tertiary/aromatic N) is 4. The van der Waals surface area contributed by atoms with Crippen LogP contribution in [0.25, 0.3) is 15.9 Å². The Morgan fingerprint density at radius 3 is 2.56 bits per heavy atom. The molecule has 8 nitrogen and oxygen atoms in total. The van der Waals surface area contributed by atoms with Crippen molar-refractivity contribution in [1.82, 2.24) is 24.8 Å². The van der Waals surface area contributed by atoms with Crippen molar-refractivity contribution in [3.8, 4) is 17.2 Å². The van der Waals surface area contributed by atoms with Crippen LogP contribution >= 0.6 is 11.3 Å². The molecule has 0 fully saturated rings. The largest absolute Gasteiger partial charge is 0.497 e. The maximum Gasteiger partial charge on any atom is 0.234 e. The highest BCUT2D eigenvalue weighted by molar-refractivity contribution is 7.16. The van der Waals surface area contributed by atoms with E-state index in [0.717, 1.165) is 43.7 Å². The van der Waals surface area contributed by atoms with Crippen LogP contribution in [0.3, 0.4) is 0 Å². The zero-order chi connectivity index (χ0) is 22.2. The molecule has 0 aliphatic rings. The number of ether oxygens (including phenoxy) is 3. The lowest BCUT2D eigenvalue weighted by Gasteiger charge is -2.08. The van der Waals surface area contributed by atoms with Crippen molar-refractivity contribution in [2.75, 3.05) is 21.3 Å². The summed E-state index contributed by atoms with van der Waals surface area (Å²) in [5, 5.41) is 15.6. The highest BCUT2D eigenvalue weighted by Crippen LogP contribution is 2.30. The molecule has 2 aromatic carbocycles. The molecule has 0 saturated heterocycles. The molecule has 5 rings (SSSR count). The van der Waals surface area contributed by atoms with Crippen molar-refractivity contribution in [2.45, 2.75) is 19.8 Å². The van der Waals surface area contributed by atoms with Crippen LogP contribution in [0.2, 0.25) is 0 Å². The van der Waals surface area contributed by atoms with Gasteiger partial charge < -0.3 is 19.2 Å². The van der Waals surface area contributed by atoms with Gasteiger partial charge in [0.1, 0.15) is 10.8 Å². The number of methoxy groups -OCH3 is 3. The van der Waals surface area contributed by atoms with E-state index in [4.69, 9.17) is 19.3 Å². The molecule has 3 heterocycles. The SMILES string of the molecule is COc1ccc2[nH]c(C)c(Cc3nn4c(Cc5ccc(OC)c(OC)c5)nnc4s3)c2c1. The van der Waals surface area contributed by atoms with Gasteiger partial charge in [0.25, 0.3) is 0 Å². The molecule has 32 heavy (non-hydrogen) atoms. The first kappa shape index (κ1) is 20.3. The van der Waals surface area contributed by atoms with E-state index in [1.807, 2.05) is 34.8 Å². The van der Waals surface area contributed by atoms with E-state index in [0.29, 0.717) is 24.3 Å². The van der Waals surface area contributed by atoms with Gasteiger partial charge in [-0.25, -0.2) is 0 Å². The smallest absolute Gasteiger partial charge is 0.234 e. The quantitative estimate of drug-likeness (QED) is 0.401. The van der Waals surface area contributed by atoms with Crippen molar-refractivity contribution in [1.29, 1.82) is 0 Å². The Balaban J connectivity index is 1.45. The molecule has 5 aromatic rings. The Kier molecular flexibility index (Phi) is 5.18. The number of H-pyrrole nitrogens is 1. The highest BCUT2D eigenvalue weighted by Gasteiger charge is 2.17. The average molecular weight is 450 g/mol. The van der Waals surface area contributed by atoms with Crippen LogP contribution in [-0.4, -0.2) is 46.1 Å². The maximum absolute atomic E-state index is 5.42. The molecule has 164 valence electrons. The molecular formula is C23H23N5O3S. The first-order valence-electron chi connectivity index (χ1n) is 10.2. The standard InChI is InChI=1S/C23H23N5O3S/c1-13-16(17-11-15(29-2)6-7-18(17)24-13)12-22-27-28-21(25-26-23(28)32-22)10-14-5-8-19(30-3)20(9-14)31-4/h5-9,11,24H,10,12H2,1-4H3. The Hall–Kier alpha value is -3.59. The van der Waals surface area contributed by atoms with Gasteiger partial charge in [0, 0.05) is 29.4 Å². The fourth-order valence-electron chi connectivity index (χ4n) is 3.92. The molecule has 0 atom stereocenters. The predicted octanol–water partition coefficient (Wildman–Crippen LogP) is 4.18. The van der Waals surface area contributed by atoms with Crippen LogP contribution in [0.15, 0.2) is 36.4 Å². The first-order chi connectivity index (χ1) is 15.6. The Morgan fingerprint density at radius 2 is 1.78 bits per heavy atom. The number of hydrogen-bond donors (Lipinski definition) is 1. The highest BCUT2D eigenvalue weighted by atomic mass is 32.1. The molecule has 1 N–H and O–H groups in total. The number of aromatic nitrogens is 5. The second kappa shape index (κ2) is 8.16. The lowest BCUT2D eigenvalue weighted by Crippen LogP contribution is -2.00. The van der Waals surface area contributed by atoms with Gasteiger partial charge in [0.05, 0.1) is 21.3 Å². The van der Waals surface area contributed by atoms with Gasteiger partial charge in [-0.2, -0.15) is 9.61 Å². The fraction of sp³-hybridized carbons (Fsp3) is 0.261. The predicted molar refractivity (Wildman–Crippen MR) is 123 cm³/mol. The van der Waals surface area contributed by atoms with E-state index in [1.165, 1.54) is 5.56 Å². The monoisotopic (exact) mass is 449 g/mol. The van der Waals surface area contributed by atoms with Gasteiger partial charge in [-0.15, -0.1) is 10.2 Å². The topological polar surface area (TPSA) is 86.6 Å². The lowest BCUT2D eigenvalue weighted by atomic mass is 10.1. The van der Waals surface area contributed by atoms with E-state index < -0.39 is 0 Å². The van der Waals surface area contributed by atoms with Crippen molar-refractivity contribution in [3.05, 3.63) is 64.1 Å². The number of benzene rings is 2. The molecule has 0 amide bonds. The normalized spacial score (nSPS) is 11.4. The van der Waals surface area contributed by atoms with Crippen LogP contribution in [0, 0.1) is 6.92 Å². The molecule has 9 heteroatoms. The summed E-state index contributed by atoms with van der Waals surface area (Å²) in [7, 11) is 4.94. The van der Waals surface area contributed by atoms with Gasteiger partial charge in [-0.3, -0.25) is 0 Å². The molecule has 0 aliphatic carbocycles. The van der Waals surface area contributed by atoms with Crippen molar-refractivity contribution < 1.29 is 14.2 Å². The number of fused-ring (bicyclic) bond motifs is 2. The van der Waals surface area contributed by atoms with E-state index in [2.05, 4.69) is 28.2 Å². The van der Waals surface area contributed by atoms with Crippen molar-refractivity contribution in [3.63, 3.8) is 0 Å². The van der Waals surface area contributed by atoms with Gasteiger partial charge in [0.2, 0.25) is 4.96 Å². The fourth-order valence-corrected chi connectivity index (χ4v) is 4.78. The Bertz CT molecular complexity index is 1420. The lowest BCUT2D eigenvalue weighted by molar-refractivity contribution is 0.354. The molecule has 0 unspecified atom stereocenters. The Morgan fingerprint density at radius 1 is 0.938 bits per heavy atom. The third-order valence-corrected chi connectivity index (χ3v) is 6.46. The zero-order valence-corrected chi connectivity index (χ0v) is 19.1. The molecule has 3 aromatic heterocycles. The van der Waals surface area contributed by atoms with E-state index >= 15 is 0 Å². The summed E-state index contributed by atoms with van der Waals surface area (Å²) in [4.78, 5) is 4.24. The number of rotatable bonds is 7. The molecule has 0 spiro atoms. The maximum atomic E-state index is 5.42. The molecule has 0 saturated carbocycles. The third-order valence-electron chi connectivity index (χ3n) is 5.56. The summed E-state index contributed by atoms with van der Waals surface area (Å²) in [6.45, 7) is 2.09. The Labute approximate surface area is 188 Å². The second-order valence-electron chi connectivity index (χ2n) is 7.49. The minimum absolute atomic E-state index is 0.591. The van der Waals surface area contributed by atoms with E-state index in [-0.39, 0.29) is 0 Å². The molecule has 0 aliphatic heterocycles. The summed E-state index contributed by atoms with van der Waals surface area (Å²) in [6.07, 6.45) is 1.30. The van der Waals surface area contributed by atoms with Gasteiger partial charge in [0.15, 0.2) is 17.3 Å². The number of aryl methyl sites for hydroxylation is 1. The van der Waals surface area contributed by atoms with Gasteiger partial charge in [-0.05, 0) is 48.4 Å². The summed E-state index contributed by atoms with van der Waals surface area (Å²) in [5.41, 5.74) is 4.48. The number of nitrogens with one attached hydrogen (secondary N) is 1. The van der Waals surface area contributed by atoms with Gasteiger partial charge in [-0.1, -0.05) is 17.4 Å². The van der Waals surface area contributed by atoms with E-state index in [1.54, 1.807) is 32.7 Å². The zero-order valence-electron chi connectivity index (χ0n) is 18.3. The van der Waals surface area contributed by atoms with Gasteiger partial charge >= 0.3 is 0 Å². The minimum Gasteiger partial charge on any atom is -0.497 e. The molecule has 0 bridgehead atoms. The van der Waals surface area contributed by atoms with Crippen LogP contribution < -0.4 is 14.2 Å². The number of hydrogen-bond acceptors (Lipinski definition) is 7. The van der Waals surface area contributed by atoms with Crippen molar-refractivity contribution >= 4 is 27.2 Å². The van der Waals surface area contributed by atoms with Crippen molar-refractivity contribution in [2.24, 2.45) is 0 Å². The van der Waals surface area contributed by atoms with Crippen LogP contribution in [-0.2, 0) is 12.8 Å². The third kappa shape index (κ3) is 3.54. The summed E-state index contributed by atoms with van der Waals surface area (Å²) in [6, 6.07) is 11.9. The van der Waals surface area contributed by atoms with Crippen LogP contribution in [0.5, 0.6) is 17.2 Å². The second-order valence-corrected chi connectivity index (χ2v) is 8.53. The summed E-state index contributed by atoms with van der Waals surface area (Å²) < 4.78 is 18.0. The van der Waals surface area contributed by atoms with Crippen LogP contribution in [0.1, 0.15) is 27.7 Å². The molecule has 0 radical (unpaired) electrons. The van der Waals surface area contributed by atoms with E-state index in [9.17, 15) is 0 Å².